The van der Waals surface area contributed by atoms with Crippen LogP contribution in [0.3, 0.4) is 0 Å². The number of para-hydroxylation sites is 2. The van der Waals surface area contributed by atoms with Crippen molar-refractivity contribution in [1.29, 1.82) is 0 Å². The molecular formula is C12H19N3O2. The molecule has 0 radical (unpaired) electrons. The number of carbonyl (C=O) groups excluding carboxylic acids is 1. The van der Waals surface area contributed by atoms with Crippen LogP contribution >= 0.6 is 0 Å². The molecule has 0 bridgehead atoms. The molecule has 5 nitrogen and oxygen atoms in total. The van der Waals surface area contributed by atoms with Crippen molar-refractivity contribution in [2.75, 3.05) is 18.9 Å². The van der Waals surface area contributed by atoms with Crippen LogP contribution in [0.15, 0.2) is 24.3 Å². The van der Waals surface area contributed by atoms with Crippen LogP contribution < -0.4 is 21.1 Å². The summed E-state index contributed by atoms with van der Waals surface area (Å²) in [5.74, 6) is 0.638. The maximum absolute atomic E-state index is 11.2. The van der Waals surface area contributed by atoms with Gasteiger partial charge in [0, 0.05) is 6.04 Å². The van der Waals surface area contributed by atoms with E-state index in [1.165, 1.54) is 0 Å². The number of nitrogens with two attached hydrogens (primary N) is 1. The van der Waals surface area contributed by atoms with Crippen molar-refractivity contribution in [1.82, 2.24) is 10.6 Å². The lowest BCUT2D eigenvalue weighted by Gasteiger charge is -2.11. The largest absolute Gasteiger partial charge is 0.490 e. The molecule has 1 aromatic rings. The molecule has 0 aliphatic heterocycles. The van der Waals surface area contributed by atoms with Gasteiger partial charge in [-0.2, -0.15) is 0 Å². The molecule has 0 aliphatic rings. The fourth-order valence-corrected chi connectivity index (χ4v) is 1.25. The van der Waals surface area contributed by atoms with Gasteiger partial charge in [0.15, 0.2) is 0 Å². The summed E-state index contributed by atoms with van der Waals surface area (Å²) in [6.07, 6.45) is 0. The van der Waals surface area contributed by atoms with E-state index in [1.807, 2.05) is 26.0 Å². The van der Waals surface area contributed by atoms with Gasteiger partial charge in [-0.05, 0) is 26.0 Å². The summed E-state index contributed by atoms with van der Waals surface area (Å²) in [4.78, 5) is 11.2. The Morgan fingerprint density at radius 1 is 1.41 bits per heavy atom. The minimum absolute atomic E-state index is 0.126. The number of carbonyl (C=O) groups is 1. The van der Waals surface area contributed by atoms with Crippen molar-refractivity contribution in [3.63, 3.8) is 0 Å². The number of anilines is 1. The number of nitrogens with one attached hydrogen (secondary N) is 2. The molecule has 2 amide bonds. The molecule has 0 saturated carbocycles. The third kappa shape index (κ3) is 5.10. The molecule has 5 heteroatoms. The lowest BCUT2D eigenvalue weighted by Crippen LogP contribution is -2.41. The zero-order chi connectivity index (χ0) is 12.7. The van der Waals surface area contributed by atoms with E-state index in [-0.39, 0.29) is 12.1 Å². The van der Waals surface area contributed by atoms with Gasteiger partial charge in [-0.15, -0.1) is 0 Å². The van der Waals surface area contributed by atoms with E-state index in [0.29, 0.717) is 24.6 Å². The van der Waals surface area contributed by atoms with Crippen LogP contribution in [-0.2, 0) is 0 Å². The molecule has 0 heterocycles. The lowest BCUT2D eigenvalue weighted by molar-refractivity contribution is 0.234. The Morgan fingerprint density at radius 3 is 2.76 bits per heavy atom. The second-order valence-electron chi connectivity index (χ2n) is 3.94. The minimum atomic E-state index is -0.190. The Morgan fingerprint density at radius 2 is 2.12 bits per heavy atom. The summed E-state index contributed by atoms with van der Waals surface area (Å²) in [6.45, 7) is 4.63. The van der Waals surface area contributed by atoms with Crippen molar-refractivity contribution >= 4 is 11.7 Å². The number of hydrogen-bond donors (Lipinski definition) is 3. The van der Waals surface area contributed by atoms with Crippen molar-refractivity contribution in [2.24, 2.45) is 0 Å². The molecule has 0 spiro atoms. The maximum atomic E-state index is 11.2. The molecule has 0 unspecified atom stereocenters. The van der Waals surface area contributed by atoms with Gasteiger partial charge in [-0.1, -0.05) is 12.1 Å². The Hall–Kier alpha value is -1.91. The number of benzene rings is 1. The van der Waals surface area contributed by atoms with E-state index in [9.17, 15) is 4.79 Å². The summed E-state index contributed by atoms with van der Waals surface area (Å²) in [5, 5.41) is 5.41. The summed E-state index contributed by atoms with van der Waals surface area (Å²) in [6, 6.07) is 7.20. The van der Waals surface area contributed by atoms with Crippen molar-refractivity contribution in [2.45, 2.75) is 19.9 Å². The van der Waals surface area contributed by atoms with E-state index in [1.54, 1.807) is 12.1 Å². The predicted octanol–water partition coefficient (Wildman–Crippen LogP) is 1.36. The predicted molar refractivity (Wildman–Crippen MR) is 68.0 cm³/mol. The van der Waals surface area contributed by atoms with Crippen LogP contribution in [0.5, 0.6) is 5.75 Å². The summed E-state index contributed by atoms with van der Waals surface area (Å²) in [5.41, 5.74) is 6.30. The first kappa shape index (κ1) is 13.2. The number of ether oxygens (including phenoxy) is 1. The van der Waals surface area contributed by atoms with Gasteiger partial charge in [0.1, 0.15) is 12.4 Å². The normalized spacial score (nSPS) is 10.1. The third-order valence-corrected chi connectivity index (χ3v) is 1.98. The molecular weight excluding hydrogens is 218 g/mol. The highest BCUT2D eigenvalue weighted by Crippen LogP contribution is 2.19. The van der Waals surface area contributed by atoms with Crippen LogP contribution in [0, 0.1) is 0 Å². The fourth-order valence-electron chi connectivity index (χ4n) is 1.25. The van der Waals surface area contributed by atoms with Crippen LogP contribution in [0.25, 0.3) is 0 Å². The van der Waals surface area contributed by atoms with Gasteiger partial charge < -0.3 is 21.1 Å². The highest BCUT2D eigenvalue weighted by Gasteiger charge is 2.02. The monoisotopic (exact) mass is 237 g/mol. The van der Waals surface area contributed by atoms with Gasteiger partial charge in [-0.3, -0.25) is 0 Å². The molecule has 0 atom stereocenters. The van der Waals surface area contributed by atoms with E-state index in [4.69, 9.17) is 10.5 Å². The van der Waals surface area contributed by atoms with Crippen LogP contribution in [0.2, 0.25) is 0 Å². The molecule has 1 rings (SSSR count). The Kier molecular flexibility index (Phi) is 5.13. The highest BCUT2D eigenvalue weighted by atomic mass is 16.5. The number of nitrogen functional groups attached to an aromatic ring is 1. The van der Waals surface area contributed by atoms with Gasteiger partial charge in [-0.25, -0.2) is 4.79 Å². The quantitative estimate of drug-likeness (QED) is 0.534. The first-order chi connectivity index (χ1) is 8.09. The maximum Gasteiger partial charge on any atom is 0.315 e. The molecule has 4 N–H and O–H groups in total. The number of urea groups is 1. The number of amides is 2. The van der Waals surface area contributed by atoms with Gasteiger partial charge >= 0.3 is 6.03 Å². The molecule has 17 heavy (non-hydrogen) atoms. The standard InChI is InChI=1S/C12H19N3O2/c1-9(2)15-12(16)14-7-8-17-11-6-4-3-5-10(11)13/h3-6,9H,7-8,13H2,1-2H3,(H2,14,15,16). The Labute approximate surface area is 101 Å². The summed E-state index contributed by atoms with van der Waals surface area (Å²) < 4.78 is 5.42. The van der Waals surface area contributed by atoms with Crippen LogP contribution in [0.1, 0.15) is 13.8 Å². The van der Waals surface area contributed by atoms with E-state index < -0.39 is 0 Å². The lowest BCUT2D eigenvalue weighted by atomic mass is 10.3. The SMILES string of the molecule is CC(C)NC(=O)NCCOc1ccccc1N. The van der Waals surface area contributed by atoms with E-state index in [0.717, 1.165) is 0 Å². The molecule has 0 aliphatic carbocycles. The second kappa shape index (κ2) is 6.62. The number of hydrogen-bond acceptors (Lipinski definition) is 3. The van der Waals surface area contributed by atoms with E-state index >= 15 is 0 Å². The smallest absolute Gasteiger partial charge is 0.315 e. The average molecular weight is 237 g/mol. The average Bonchev–Trinajstić information content (AvgIpc) is 2.25. The van der Waals surface area contributed by atoms with Crippen molar-refractivity contribution < 1.29 is 9.53 Å². The van der Waals surface area contributed by atoms with Crippen molar-refractivity contribution in [3.05, 3.63) is 24.3 Å². The fraction of sp³-hybridized carbons (Fsp3) is 0.417. The second-order valence-corrected chi connectivity index (χ2v) is 3.94. The van der Waals surface area contributed by atoms with Crippen LogP contribution in [-0.4, -0.2) is 25.2 Å². The Balaban J connectivity index is 2.21. The van der Waals surface area contributed by atoms with Gasteiger partial charge in [0.2, 0.25) is 0 Å². The zero-order valence-corrected chi connectivity index (χ0v) is 10.2. The Bertz CT molecular complexity index is 367. The summed E-state index contributed by atoms with van der Waals surface area (Å²) >= 11 is 0. The van der Waals surface area contributed by atoms with E-state index in [2.05, 4.69) is 10.6 Å². The first-order valence-electron chi connectivity index (χ1n) is 5.61. The molecule has 0 fully saturated rings. The molecule has 94 valence electrons. The third-order valence-electron chi connectivity index (χ3n) is 1.98. The zero-order valence-electron chi connectivity index (χ0n) is 10.2. The summed E-state index contributed by atoms with van der Waals surface area (Å²) in [7, 11) is 0. The molecule has 0 aromatic heterocycles. The highest BCUT2D eigenvalue weighted by molar-refractivity contribution is 5.74. The van der Waals surface area contributed by atoms with Crippen LogP contribution in [0.4, 0.5) is 10.5 Å². The first-order valence-corrected chi connectivity index (χ1v) is 5.61. The van der Waals surface area contributed by atoms with Crippen molar-refractivity contribution in [3.8, 4) is 5.75 Å². The molecule has 0 saturated heterocycles. The van der Waals surface area contributed by atoms with Gasteiger partial charge in [0.25, 0.3) is 0 Å². The molecule has 1 aromatic carbocycles. The van der Waals surface area contributed by atoms with Gasteiger partial charge in [0.05, 0.1) is 12.2 Å². The minimum Gasteiger partial charge on any atom is -0.490 e. The topological polar surface area (TPSA) is 76.4 Å². The number of rotatable bonds is 5.